The molecule has 0 aliphatic carbocycles. The Bertz CT molecular complexity index is 852. The number of aliphatic imine (C=N–C) groups is 1. The van der Waals surface area contributed by atoms with Crippen molar-refractivity contribution in [1.82, 2.24) is 16.0 Å². The van der Waals surface area contributed by atoms with Gasteiger partial charge in [0.1, 0.15) is 0 Å². The van der Waals surface area contributed by atoms with Crippen LogP contribution in [0.25, 0.3) is 0 Å². The first-order valence-corrected chi connectivity index (χ1v) is 10.4. The van der Waals surface area contributed by atoms with Gasteiger partial charge in [-0.2, -0.15) is 0 Å². The summed E-state index contributed by atoms with van der Waals surface area (Å²) in [6.07, 6.45) is 0.985. The molecule has 8 heteroatoms. The highest BCUT2D eigenvalue weighted by molar-refractivity contribution is 5.96. The fraction of sp³-hybridized carbons (Fsp3) is 0.348. The summed E-state index contributed by atoms with van der Waals surface area (Å²) in [5.74, 6) is -0.172. The lowest BCUT2D eigenvalue weighted by Gasteiger charge is -2.23. The van der Waals surface area contributed by atoms with Crippen LogP contribution in [0.4, 0.5) is 5.69 Å². The molecule has 0 spiro atoms. The number of rotatable bonds is 11. The van der Waals surface area contributed by atoms with Gasteiger partial charge < -0.3 is 26.6 Å². The van der Waals surface area contributed by atoms with Gasteiger partial charge >= 0.3 is 0 Å². The van der Waals surface area contributed by atoms with Crippen molar-refractivity contribution in [2.75, 3.05) is 38.1 Å². The number of guanidine groups is 1. The number of carbonyl (C=O) groups is 2. The van der Waals surface area contributed by atoms with E-state index in [-0.39, 0.29) is 12.5 Å². The molecule has 0 radical (unpaired) electrons. The van der Waals surface area contributed by atoms with Crippen molar-refractivity contribution in [2.24, 2.45) is 10.7 Å². The molecule has 0 aliphatic heterocycles. The summed E-state index contributed by atoms with van der Waals surface area (Å²) in [6.45, 7) is 5.30. The Kier molecular flexibility index (Phi) is 9.87. The maximum absolute atomic E-state index is 11.9. The number of nitrogens with two attached hydrogens (primary N) is 1. The summed E-state index contributed by atoms with van der Waals surface area (Å²) in [6, 6.07) is 17.6. The summed E-state index contributed by atoms with van der Waals surface area (Å²) in [5.41, 5.74) is 7.76. The average molecular weight is 425 g/mol. The third-order valence-electron chi connectivity index (χ3n) is 4.72. The van der Waals surface area contributed by atoms with Gasteiger partial charge in [-0.25, -0.2) is 0 Å². The van der Waals surface area contributed by atoms with Gasteiger partial charge in [-0.3, -0.25) is 14.6 Å². The molecular formula is C23H32N6O2. The fourth-order valence-corrected chi connectivity index (χ4v) is 3.04. The monoisotopic (exact) mass is 424 g/mol. The highest BCUT2D eigenvalue weighted by Gasteiger charge is 2.07. The largest absolute Gasteiger partial charge is 0.372 e. The average Bonchev–Trinajstić information content (AvgIpc) is 2.80. The Morgan fingerprint density at radius 1 is 1.00 bits per heavy atom. The van der Waals surface area contributed by atoms with E-state index in [0.29, 0.717) is 12.1 Å². The normalized spacial score (nSPS) is 11.0. The quantitative estimate of drug-likeness (QED) is 0.248. The molecule has 0 saturated carbocycles. The number of carbonyl (C=O) groups excluding carboxylic acids is 2. The molecule has 8 nitrogen and oxygen atoms in total. The Labute approximate surface area is 183 Å². The molecule has 2 aromatic carbocycles. The van der Waals surface area contributed by atoms with Crippen LogP contribution in [-0.2, 0) is 11.3 Å². The lowest BCUT2D eigenvalue weighted by molar-refractivity contribution is -0.117. The van der Waals surface area contributed by atoms with Gasteiger partial charge in [0.2, 0.25) is 5.91 Å². The number of amides is 2. The molecule has 2 amide bonds. The Morgan fingerprint density at radius 2 is 1.71 bits per heavy atom. The second kappa shape index (κ2) is 12.9. The van der Waals surface area contributed by atoms with Gasteiger partial charge in [0.15, 0.2) is 5.96 Å². The van der Waals surface area contributed by atoms with E-state index in [2.05, 4.69) is 57.0 Å². The first kappa shape index (κ1) is 23.7. The van der Waals surface area contributed by atoms with E-state index in [9.17, 15) is 9.59 Å². The number of benzene rings is 2. The van der Waals surface area contributed by atoms with Crippen LogP contribution in [-0.4, -0.2) is 51.0 Å². The number of anilines is 1. The molecule has 0 bridgehead atoms. The zero-order valence-electron chi connectivity index (χ0n) is 18.2. The van der Waals surface area contributed by atoms with Crippen LogP contribution in [0.2, 0.25) is 0 Å². The van der Waals surface area contributed by atoms with Gasteiger partial charge in [-0.05, 0) is 43.2 Å². The maximum Gasteiger partial charge on any atom is 0.251 e. The van der Waals surface area contributed by atoms with Crippen molar-refractivity contribution < 1.29 is 9.59 Å². The van der Waals surface area contributed by atoms with Gasteiger partial charge in [0.25, 0.3) is 5.91 Å². The number of para-hydroxylation sites is 1. The molecule has 0 atom stereocenters. The number of hydrogen-bond acceptors (Lipinski definition) is 4. The van der Waals surface area contributed by atoms with E-state index < -0.39 is 5.91 Å². The van der Waals surface area contributed by atoms with E-state index in [1.165, 1.54) is 5.69 Å². The van der Waals surface area contributed by atoms with E-state index in [1.807, 2.05) is 18.2 Å². The molecule has 0 aliphatic rings. The summed E-state index contributed by atoms with van der Waals surface area (Å²) in [7, 11) is 1.74. The minimum absolute atomic E-state index is 0.175. The van der Waals surface area contributed by atoms with Gasteiger partial charge in [-0.1, -0.05) is 30.3 Å². The van der Waals surface area contributed by atoms with Crippen LogP contribution in [0.1, 0.15) is 29.3 Å². The predicted octanol–water partition coefficient (Wildman–Crippen LogP) is 1.48. The van der Waals surface area contributed by atoms with Crippen molar-refractivity contribution in [2.45, 2.75) is 19.9 Å². The lowest BCUT2D eigenvalue weighted by atomic mass is 10.1. The predicted molar refractivity (Wildman–Crippen MR) is 125 cm³/mol. The Hall–Kier alpha value is -3.55. The molecule has 0 fully saturated rings. The van der Waals surface area contributed by atoms with Crippen LogP contribution in [0.5, 0.6) is 0 Å². The molecule has 166 valence electrons. The number of nitrogens with one attached hydrogen (secondary N) is 3. The third-order valence-corrected chi connectivity index (χ3v) is 4.72. The zero-order chi connectivity index (χ0) is 22.5. The van der Waals surface area contributed by atoms with Crippen LogP contribution >= 0.6 is 0 Å². The highest BCUT2D eigenvalue weighted by atomic mass is 16.2. The topological polar surface area (TPSA) is 112 Å². The smallest absolute Gasteiger partial charge is 0.251 e. The van der Waals surface area contributed by atoms with Crippen LogP contribution in [0, 0.1) is 0 Å². The molecule has 0 saturated heterocycles. The van der Waals surface area contributed by atoms with E-state index >= 15 is 0 Å². The summed E-state index contributed by atoms with van der Waals surface area (Å²) < 4.78 is 0. The van der Waals surface area contributed by atoms with E-state index in [0.717, 1.165) is 37.6 Å². The van der Waals surface area contributed by atoms with E-state index in [4.69, 9.17) is 5.73 Å². The van der Waals surface area contributed by atoms with Crippen LogP contribution in [0.15, 0.2) is 59.6 Å². The standard InChI is InChI=1S/C23H32N6O2/c1-3-29(20-8-5-4-6-9-20)15-7-14-26-23(25-2)28-16-18-10-12-19(13-11-18)22(31)27-17-21(24)30/h4-6,8-13H,3,7,14-17H2,1-2H3,(H2,24,30)(H,27,31)(H2,25,26,28). The number of primary amides is 1. The van der Waals surface area contributed by atoms with Crippen molar-refractivity contribution >= 4 is 23.5 Å². The summed E-state index contributed by atoms with van der Waals surface area (Å²) in [5, 5.41) is 9.07. The fourth-order valence-electron chi connectivity index (χ4n) is 3.04. The SMILES string of the molecule is CCN(CCCNC(=NC)NCc1ccc(C(=O)NCC(N)=O)cc1)c1ccccc1. The van der Waals surface area contributed by atoms with Gasteiger partial charge in [0.05, 0.1) is 6.54 Å². The summed E-state index contributed by atoms with van der Waals surface area (Å²) in [4.78, 5) is 29.3. The molecule has 0 heterocycles. The molecule has 31 heavy (non-hydrogen) atoms. The highest BCUT2D eigenvalue weighted by Crippen LogP contribution is 2.12. The second-order valence-electron chi connectivity index (χ2n) is 6.97. The Morgan fingerprint density at radius 3 is 2.32 bits per heavy atom. The minimum Gasteiger partial charge on any atom is -0.372 e. The van der Waals surface area contributed by atoms with Gasteiger partial charge in [0, 0.05) is 44.5 Å². The molecule has 0 unspecified atom stereocenters. The minimum atomic E-state index is -0.574. The van der Waals surface area contributed by atoms with Crippen molar-refractivity contribution in [3.63, 3.8) is 0 Å². The molecule has 0 aromatic heterocycles. The van der Waals surface area contributed by atoms with Crippen LogP contribution in [0.3, 0.4) is 0 Å². The van der Waals surface area contributed by atoms with Crippen molar-refractivity contribution in [3.8, 4) is 0 Å². The number of hydrogen-bond donors (Lipinski definition) is 4. The first-order valence-electron chi connectivity index (χ1n) is 10.4. The lowest BCUT2D eigenvalue weighted by Crippen LogP contribution is -2.38. The third kappa shape index (κ3) is 8.38. The van der Waals surface area contributed by atoms with Crippen molar-refractivity contribution in [1.29, 1.82) is 0 Å². The second-order valence-corrected chi connectivity index (χ2v) is 6.97. The molecule has 2 rings (SSSR count). The molecular weight excluding hydrogens is 392 g/mol. The molecule has 5 N–H and O–H groups in total. The summed E-state index contributed by atoms with van der Waals surface area (Å²) >= 11 is 0. The zero-order valence-corrected chi connectivity index (χ0v) is 18.2. The van der Waals surface area contributed by atoms with Crippen LogP contribution < -0.4 is 26.6 Å². The number of nitrogens with zero attached hydrogens (tertiary/aromatic N) is 2. The van der Waals surface area contributed by atoms with Crippen molar-refractivity contribution in [3.05, 3.63) is 65.7 Å². The molecule has 2 aromatic rings. The first-order chi connectivity index (χ1) is 15.0. The maximum atomic E-state index is 11.9. The van der Waals surface area contributed by atoms with Gasteiger partial charge in [-0.15, -0.1) is 0 Å². The van der Waals surface area contributed by atoms with E-state index in [1.54, 1.807) is 19.2 Å². The Balaban J connectivity index is 1.73.